The first-order valence-corrected chi connectivity index (χ1v) is 28.2. The summed E-state index contributed by atoms with van der Waals surface area (Å²) < 4.78 is 1.30. The zero-order chi connectivity index (χ0) is 29.9. The summed E-state index contributed by atoms with van der Waals surface area (Å²) in [5.74, 6) is 0. The molecule has 0 aromatic heterocycles. The van der Waals surface area contributed by atoms with Gasteiger partial charge in [0.2, 0.25) is 0 Å². The molecule has 0 saturated heterocycles. The molecule has 5 heteroatoms. The predicted octanol–water partition coefficient (Wildman–Crippen LogP) is 11.9. The molecule has 8 rings (SSSR count). The molecule has 0 radical (unpaired) electrons. The van der Waals surface area contributed by atoms with Crippen LogP contribution in [0.1, 0.15) is 55.4 Å². The largest absolute Gasteiger partial charge is 0.147 e. The van der Waals surface area contributed by atoms with Gasteiger partial charge in [-0.3, -0.25) is 0 Å². The maximum Gasteiger partial charge on any atom is -0.147 e. The van der Waals surface area contributed by atoms with E-state index in [-0.39, 0.29) is 24.8 Å². The molecule has 0 spiro atoms. The summed E-state index contributed by atoms with van der Waals surface area (Å²) in [6.07, 6.45) is 7.56. The number of rotatable bonds is 4. The molecule has 2 atom stereocenters. The molecule has 1 heterocycles. The predicted molar refractivity (Wildman–Crippen MR) is 202 cm³/mol. The summed E-state index contributed by atoms with van der Waals surface area (Å²) in [6, 6.07) is 39.1. The van der Waals surface area contributed by atoms with E-state index in [2.05, 4.69) is 147 Å². The van der Waals surface area contributed by atoms with Crippen molar-refractivity contribution in [2.24, 2.45) is 0 Å². The molecule has 3 aliphatic rings. The van der Waals surface area contributed by atoms with Crippen LogP contribution in [0.15, 0.2) is 114 Å². The van der Waals surface area contributed by atoms with Crippen molar-refractivity contribution in [3.05, 3.63) is 142 Å². The molecule has 232 valence electrons. The number of nitrogens with zero attached hydrogens (tertiary/aromatic N) is 1. The average Bonchev–Trinajstić information content (AvgIpc) is 3.56. The van der Waals surface area contributed by atoms with Crippen LogP contribution in [0.3, 0.4) is 0 Å². The Kier molecular flexibility index (Phi) is 9.70. The standard InChI is InChI=1S/C20H15.C19H18N.C2H6Si.2ClH.Hf/c1-14-12-16-8-5-11-19(20(16)13-14)18-10-4-7-15-6-2-3-9-17(15)18;1-14-12-16-7-4-10-19(17(16)13-14)20-11-5-8-15-6-2-3-9-18(15)20;1-3-2;;;/h2-13H,1H3;2-4,6-7,9-10,12-13H,5,8,11H2,1H3;1-2H3;2*1H;. The minimum atomic E-state index is -2.37. The Morgan fingerprint density at radius 2 is 1.22 bits per heavy atom. The maximum absolute atomic E-state index is 2.64. The second-order valence-corrected chi connectivity index (χ2v) is 38.0. The van der Waals surface area contributed by atoms with E-state index >= 15 is 0 Å². The normalized spacial score (nSPS) is 17.6. The Morgan fingerprint density at radius 3 is 2.00 bits per heavy atom. The zero-order valence-electron chi connectivity index (χ0n) is 27.0. The van der Waals surface area contributed by atoms with Gasteiger partial charge in [-0.1, -0.05) is 0 Å². The fourth-order valence-corrected chi connectivity index (χ4v) is 37.8. The first-order chi connectivity index (χ1) is 21.5. The maximum atomic E-state index is 2.64. The average molecular weight is 825 g/mol. The van der Waals surface area contributed by atoms with E-state index in [0.29, 0.717) is 7.35 Å². The van der Waals surface area contributed by atoms with E-state index in [1.165, 1.54) is 62.8 Å². The van der Waals surface area contributed by atoms with Crippen molar-refractivity contribution >= 4 is 64.6 Å². The molecule has 5 aromatic rings. The second-order valence-electron chi connectivity index (χ2n) is 13.1. The van der Waals surface area contributed by atoms with Gasteiger partial charge in [0, 0.05) is 0 Å². The van der Waals surface area contributed by atoms with E-state index in [1.54, 1.807) is 22.3 Å². The number of fused-ring (bicyclic) bond motifs is 4. The van der Waals surface area contributed by atoms with E-state index < -0.39 is 25.6 Å². The van der Waals surface area contributed by atoms with Crippen LogP contribution in [-0.4, -0.2) is 12.0 Å². The molecule has 1 aliphatic heterocycles. The van der Waals surface area contributed by atoms with Crippen molar-refractivity contribution in [2.75, 3.05) is 11.4 Å². The number of para-hydroxylation sites is 1. The molecule has 0 N–H and O–H groups in total. The molecule has 46 heavy (non-hydrogen) atoms. The molecule has 1 nitrogen and oxygen atoms in total. The third-order valence-corrected chi connectivity index (χ3v) is 38.5. The van der Waals surface area contributed by atoms with Gasteiger partial charge in [-0.25, -0.2) is 0 Å². The SMILES string of the molecule is CC1=Cc2c(-c3cccc4ccccc34)cccc2[CH]1[Hf]([CH]1C(C)=Cc2c1cccc2N1CCCc2ccccc21)=[Si](C)C.Cl.Cl. The minimum absolute atomic E-state index is 0. The van der Waals surface area contributed by atoms with Crippen LogP contribution in [0.25, 0.3) is 34.1 Å². The summed E-state index contributed by atoms with van der Waals surface area (Å²) in [5, 5.41) is 2.67. The molecule has 2 unspecified atom stereocenters. The van der Waals surface area contributed by atoms with Crippen LogP contribution in [0.5, 0.6) is 0 Å². The minimum Gasteiger partial charge on any atom is -0.147 e. The first kappa shape index (κ1) is 33.2. The molecule has 0 bridgehead atoms. The zero-order valence-corrected chi connectivity index (χ0v) is 33.2. The smallest absolute Gasteiger partial charge is 0.147 e. The number of anilines is 2. The van der Waals surface area contributed by atoms with Crippen LogP contribution in [-0.2, 0) is 26.5 Å². The van der Waals surface area contributed by atoms with Crippen LogP contribution < -0.4 is 4.90 Å². The van der Waals surface area contributed by atoms with Gasteiger partial charge in [0.05, 0.1) is 0 Å². The Bertz CT molecular complexity index is 2070. The van der Waals surface area contributed by atoms with E-state index in [9.17, 15) is 0 Å². The number of aryl methyl sites for hydroxylation is 1. The van der Waals surface area contributed by atoms with Gasteiger partial charge in [0.25, 0.3) is 0 Å². The van der Waals surface area contributed by atoms with E-state index in [0.717, 1.165) is 6.54 Å². The topological polar surface area (TPSA) is 3.24 Å². The molecule has 0 fully saturated rings. The van der Waals surface area contributed by atoms with Crippen molar-refractivity contribution in [3.63, 3.8) is 0 Å². The molecule has 0 saturated carbocycles. The van der Waals surface area contributed by atoms with Crippen molar-refractivity contribution in [3.8, 4) is 11.1 Å². The van der Waals surface area contributed by atoms with Gasteiger partial charge in [-0.2, -0.15) is 0 Å². The van der Waals surface area contributed by atoms with Crippen LogP contribution in [0.4, 0.5) is 11.4 Å². The molecule has 0 amide bonds. The monoisotopic (exact) mass is 825 g/mol. The Hall–Kier alpha value is -2.69. The number of halogens is 2. The molecular formula is C41H41Cl2HfNSi. The van der Waals surface area contributed by atoms with Crippen LogP contribution >= 0.6 is 24.8 Å². The van der Waals surface area contributed by atoms with Crippen LogP contribution in [0, 0.1) is 0 Å². The summed E-state index contributed by atoms with van der Waals surface area (Å²) in [4.78, 5) is 2.62. The number of benzene rings is 5. The quantitative estimate of drug-likeness (QED) is 0.163. The Labute approximate surface area is 294 Å². The molecule has 2 aliphatic carbocycles. The van der Waals surface area contributed by atoms with Crippen molar-refractivity contribution in [1.29, 1.82) is 0 Å². The van der Waals surface area contributed by atoms with Crippen LogP contribution in [0.2, 0.25) is 13.1 Å². The van der Waals surface area contributed by atoms with Gasteiger partial charge in [0.15, 0.2) is 0 Å². The Morgan fingerprint density at radius 1 is 0.630 bits per heavy atom. The molecular weight excluding hydrogens is 784 g/mol. The second kappa shape index (κ2) is 13.4. The van der Waals surface area contributed by atoms with Gasteiger partial charge in [0.1, 0.15) is 0 Å². The molecule has 5 aromatic carbocycles. The van der Waals surface area contributed by atoms with E-state index in [1.807, 2.05) is 0 Å². The van der Waals surface area contributed by atoms with Crippen molar-refractivity contribution in [1.82, 2.24) is 0 Å². The first-order valence-electron chi connectivity index (χ1n) is 16.1. The Balaban J connectivity index is 0.00000186. The third-order valence-electron chi connectivity index (χ3n) is 10.2. The summed E-state index contributed by atoms with van der Waals surface area (Å²) in [7, 11) is 0. The van der Waals surface area contributed by atoms with Gasteiger partial charge in [-0.15, -0.1) is 24.8 Å². The number of hydrogen-bond acceptors (Lipinski definition) is 1. The fraction of sp³-hybridized carbons (Fsp3) is 0.220. The van der Waals surface area contributed by atoms with Gasteiger partial charge >= 0.3 is 272 Å². The van der Waals surface area contributed by atoms with Crippen molar-refractivity contribution in [2.45, 2.75) is 47.1 Å². The fourth-order valence-electron chi connectivity index (χ4n) is 8.37. The number of allylic oxidation sites excluding steroid dienone is 2. The third kappa shape index (κ3) is 5.42. The van der Waals surface area contributed by atoms with Gasteiger partial charge < -0.3 is 0 Å². The summed E-state index contributed by atoms with van der Waals surface area (Å²) in [5.41, 5.74) is 16.1. The summed E-state index contributed by atoms with van der Waals surface area (Å²) in [6.45, 7) is 11.3. The number of hydrogen-bond donors (Lipinski definition) is 0. The van der Waals surface area contributed by atoms with E-state index in [4.69, 9.17) is 0 Å². The van der Waals surface area contributed by atoms with Gasteiger partial charge in [-0.05, 0) is 0 Å². The summed E-state index contributed by atoms with van der Waals surface area (Å²) >= 11 is -2.37. The van der Waals surface area contributed by atoms with Crippen molar-refractivity contribution < 1.29 is 20.1 Å².